The number of nitrogens with zero attached hydrogens (tertiary/aromatic N) is 2. The Hall–Kier alpha value is -0.420. The molecule has 0 radical (unpaired) electrons. The van der Waals surface area contributed by atoms with Crippen molar-refractivity contribution in [3.8, 4) is 0 Å². The average Bonchev–Trinajstić information content (AvgIpc) is 2.17. The summed E-state index contributed by atoms with van der Waals surface area (Å²) in [7, 11) is 0. The SMILES string of the molecule is CC(/C(N)=N/O)N1CCSCC1. The maximum Gasteiger partial charge on any atom is 0.156 e. The molecule has 0 bridgehead atoms. The van der Waals surface area contributed by atoms with Crippen LogP contribution in [-0.4, -0.2) is 46.6 Å². The van der Waals surface area contributed by atoms with Crippen molar-refractivity contribution in [3.63, 3.8) is 0 Å². The molecule has 1 saturated heterocycles. The van der Waals surface area contributed by atoms with E-state index in [0.717, 1.165) is 24.6 Å². The summed E-state index contributed by atoms with van der Waals surface area (Å²) in [6.07, 6.45) is 0. The first-order chi connectivity index (χ1) is 5.75. The first-order valence-corrected chi connectivity index (χ1v) is 5.20. The summed E-state index contributed by atoms with van der Waals surface area (Å²) < 4.78 is 0. The van der Waals surface area contributed by atoms with Crippen LogP contribution in [0.5, 0.6) is 0 Å². The van der Waals surface area contributed by atoms with Crippen LogP contribution in [-0.2, 0) is 0 Å². The zero-order valence-electron chi connectivity index (χ0n) is 7.23. The minimum absolute atomic E-state index is 0.0656. The van der Waals surface area contributed by atoms with Gasteiger partial charge in [-0.25, -0.2) is 0 Å². The molecule has 0 spiro atoms. The highest BCUT2D eigenvalue weighted by atomic mass is 32.2. The van der Waals surface area contributed by atoms with Crippen LogP contribution in [0.15, 0.2) is 5.16 Å². The Bertz CT molecular complexity index is 168. The van der Waals surface area contributed by atoms with Crippen molar-refractivity contribution in [3.05, 3.63) is 0 Å². The number of rotatable bonds is 2. The van der Waals surface area contributed by atoms with Crippen molar-refractivity contribution in [1.29, 1.82) is 0 Å². The highest BCUT2D eigenvalue weighted by Gasteiger charge is 2.19. The van der Waals surface area contributed by atoms with E-state index >= 15 is 0 Å². The largest absolute Gasteiger partial charge is 0.409 e. The summed E-state index contributed by atoms with van der Waals surface area (Å²) in [5.41, 5.74) is 5.50. The molecular formula is C7H15N3OS. The second kappa shape index (κ2) is 4.57. The van der Waals surface area contributed by atoms with Crippen LogP contribution < -0.4 is 5.73 Å². The fourth-order valence-electron chi connectivity index (χ4n) is 1.24. The average molecular weight is 189 g/mol. The highest BCUT2D eigenvalue weighted by Crippen LogP contribution is 2.11. The molecule has 3 N–H and O–H groups in total. The van der Waals surface area contributed by atoms with Gasteiger partial charge < -0.3 is 10.9 Å². The Morgan fingerprint density at radius 1 is 1.58 bits per heavy atom. The van der Waals surface area contributed by atoms with Gasteiger partial charge in [-0.1, -0.05) is 5.16 Å². The van der Waals surface area contributed by atoms with E-state index in [1.165, 1.54) is 0 Å². The third-order valence-corrected chi connectivity index (χ3v) is 3.08. The lowest BCUT2D eigenvalue weighted by atomic mass is 10.2. The third-order valence-electron chi connectivity index (χ3n) is 2.14. The smallest absolute Gasteiger partial charge is 0.156 e. The fourth-order valence-corrected chi connectivity index (χ4v) is 2.17. The minimum Gasteiger partial charge on any atom is -0.409 e. The Kier molecular flexibility index (Phi) is 3.68. The minimum atomic E-state index is 0.0656. The summed E-state index contributed by atoms with van der Waals surface area (Å²) >= 11 is 1.95. The van der Waals surface area contributed by atoms with E-state index in [1.807, 2.05) is 18.7 Å². The van der Waals surface area contributed by atoms with Crippen molar-refractivity contribution in [2.45, 2.75) is 13.0 Å². The molecule has 5 heteroatoms. The Morgan fingerprint density at radius 3 is 2.67 bits per heavy atom. The quantitative estimate of drug-likeness (QED) is 0.281. The maximum absolute atomic E-state index is 8.47. The van der Waals surface area contributed by atoms with Crippen LogP contribution in [0, 0.1) is 0 Å². The second-order valence-corrected chi connectivity index (χ2v) is 4.07. The van der Waals surface area contributed by atoms with Gasteiger partial charge in [0.25, 0.3) is 0 Å². The summed E-state index contributed by atoms with van der Waals surface area (Å²) in [6, 6.07) is 0.0656. The summed E-state index contributed by atoms with van der Waals surface area (Å²) in [5, 5.41) is 11.5. The number of hydrogen-bond donors (Lipinski definition) is 2. The van der Waals surface area contributed by atoms with Gasteiger partial charge in [0.2, 0.25) is 0 Å². The molecule has 70 valence electrons. The molecular weight excluding hydrogens is 174 g/mol. The fraction of sp³-hybridized carbons (Fsp3) is 0.857. The van der Waals surface area contributed by atoms with Crippen LogP contribution >= 0.6 is 11.8 Å². The van der Waals surface area contributed by atoms with Crippen molar-refractivity contribution in [2.24, 2.45) is 10.9 Å². The van der Waals surface area contributed by atoms with Crippen LogP contribution in [0.2, 0.25) is 0 Å². The molecule has 1 aliphatic heterocycles. The molecule has 1 unspecified atom stereocenters. The molecule has 4 nitrogen and oxygen atoms in total. The lowest BCUT2D eigenvalue weighted by molar-refractivity contribution is 0.264. The molecule has 12 heavy (non-hydrogen) atoms. The van der Waals surface area contributed by atoms with Crippen molar-refractivity contribution in [1.82, 2.24) is 4.90 Å². The predicted molar refractivity (Wildman–Crippen MR) is 51.8 cm³/mol. The molecule has 1 fully saturated rings. The second-order valence-electron chi connectivity index (χ2n) is 2.85. The molecule has 0 aromatic carbocycles. The van der Waals surface area contributed by atoms with E-state index in [-0.39, 0.29) is 6.04 Å². The van der Waals surface area contributed by atoms with Gasteiger partial charge >= 0.3 is 0 Å². The number of thioether (sulfide) groups is 1. The van der Waals surface area contributed by atoms with Crippen LogP contribution in [0.3, 0.4) is 0 Å². The predicted octanol–water partition coefficient (Wildman–Crippen LogP) is 0.170. The van der Waals surface area contributed by atoms with Gasteiger partial charge in [0.05, 0.1) is 6.04 Å². The van der Waals surface area contributed by atoms with E-state index in [1.54, 1.807) is 0 Å². The maximum atomic E-state index is 8.47. The molecule has 0 amide bonds. The van der Waals surface area contributed by atoms with E-state index in [4.69, 9.17) is 10.9 Å². The highest BCUT2D eigenvalue weighted by molar-refractivity contribution is 7.99. The Labute approximate surface area is 76.8 Å². The molecule has 1 rings (SSSR count). The van der Waals surface area contributed by atoms with Crippen LogP contribution in [0.4, 0.5) is 0 Å². The first-order valence-electron chi connectivity index (χ1n) is 4.05. The topological polar surface area (TPSA) is 61.9 Å². The van der Waals surface area contributed by atoms with Crippen molar-refractivity contribution in [2.75, 3.05) is 24.6 Å². The molecule has 0 aromatic heterocycles. The molecule has 0 aliphatic carbocycles. The zero-order chi connectivity index (χ0) is 8.97. The normalized spacial score (nSPS) is 23.9. The van der Waals surface area contributed by atoms with Crippen molar-refractivity contribution >= 4 is 17.6 Å². The van der Waals surface area contributed by atoms with E-state index < -0.39 is 0 Å². The summed E-state index contributed by atoms with van der Waals surface area (Å²) in [5.74, 6) is 2.59. The van der Waals surface area contributed by atoms with E-state index in [0.29, 0.717) is 5.84 Å². The van der Waals surface area contributed by atoms with Crippen LogP contribution in [0.25, 0.3) is 0 Å². The molecule has 1 heterocycles. The first kappa shape index (κ1) is 9.67. The Morgan fingerprint density at radius 2 is 2.17 bits per heavy atom. The molecule has 0 aromatic rings. The molecule has 1 atom stereocenters. The third kappa shape index (κ3) is 2.28. The van der Waals surface area contributed by atoms with Gasteiger partial charge in [-0.05, 0) is 6.92 Å². The lowest BCUT2D eigenvalue weighted by Crippen LogP contribution is -2.46. The molecule has 1 aliphatic rings. The summed E-state index contributed by atoms with van der Waals surface area (Å²) in [4.78, 5) is 2.23. The number of oxime groups is 1. The summed E-state index contributed by atoms with van der Waals surface area (Å²) in [6.45, 7) is 4.02. The van der Waals surface area contributed by atoms with Gasteiger partial charge in [-0.3, -0.25) is 4.90 Å². The zero-order valence-corrected chi connectivity index (χ0v) is 8.05. The van der Waals surface area contributed by atoms with E-state index in [9.17, 15) is 0 Å². The lowest BCUT2D eigenvalue weighted by Gasteiger charge is -2.30. The van der Waals surface area contributed by atoms with Crippen molar-refractivity contribution < 1.29 is 5.21 Å². The standard InChI is InChI=1S/C7H15N3OS/c1-6(7(8)9-11)10-2-4-12-5-3-10/h6,11H,2-5H2,1H3,(H2,8,9). The molecule has 0 saturated carbocycles. The number of amidine groups is 1. The van der Waals surface area contributed by atoms with Gasteiger partial charge in [0.15, 0.2) is 5.84 Å². The Balaban J connectivity index is 2.44. The van der Waals surface area contributed by atoms with E-state index in [2.05, 4.69) is 10.1 Å². The van der Waals surface area contributed by atoms with Gasteiger partial charge in [0, 0.05) is 24.6 Å². The van der Waals surface area contributed by atoms with Crippen LogP contribution in [0.1, 0.15) is 6.92 Å². The number of nitrogens with two attached hydrogens (primary N) is 1. The number of hydrogen-bond acceptors (Lipinski definition) is 4. The monoisotopic (exact) mass is 189 g/mol. The van der Waals surface area contributed by atoms with Gasteiger partial charge in [-0.15, -0.1) is 0 Å². The van der Waals surface area contributed by atoms with Gasteiger partial charge in [-0.2, -0.15) is 11.8 Å². The van der Waals surface area contributed by atoms with Gasteiger partial charge in [0.1, 0.15) is 0 Å².